The highest BCUT2D eigenvalue weighted by atomic mass is 16.5. The van der Waals surface area contributed by atoms with Gasteiger partial charge in [-0.15, -0.1) is 0 Å². The molecule has 0 saturated carbocycles. The fourth-order valence-corrected chi connectivity index (χ4v) is 7.25. The highest BCUT2D eigenvalue weighted by Crippen LogP contribution is 2.51. The molecule has 48 heavy (non-hydrogen) atoms. The van der Waals surface area contributed by atoms with Gasteiger partial charge in [-0.3, -0.25) is 14.4 Å². The number of ether oxygens (including phenoxy) is 2. The van der Waals surface area contributed by atoms with Crippen molar-refractivity contribution in [1.82, 2.24) is 23.5 Å². The minimum absolute atomic E-state index is 0.00386. The molecule has 2 aromatic carbocycles. The van der Waals surface area contributed by atoms with Crippen LogP contribution in [-0.2, 0) is 36.1 Å². The summed E-state index contributed by atoms with van der Waals surface area (Å²) in [6.07, 6.45) is 3.15. The molecule has 0 unspecified atom stereocenters. The summed E-state index contributed by atoms with van der Waals surface area (Å²) in [5.74, 6) is -0.542. The maximum atomic E-state index is 14.1. The SMILES string of the molecule is COc1cc2nc(CCn3c(=O)n4n(c3=O)[C@@H]3CC5=C(C(=O)C=C(C)C5=O)[C@@H](c5cccc(C)c5O)C3=CC4)c(=O)n(C)c2cc1OC. The summed E-state index contributed by atoms with van der Waals surface area (Å²) < 4.78 is 15.9. The zero-order valence-electron chi connectivity index (χ0n) is 27.1. The van der Waals surface area contributed by atoms with Crippen molar-refractivity contribution in [3.63, 3.8) is 0 Å². The van der Waals surface area contributed by atoms with Gasteiger partial charge in [-0.05, 0) is 31.1 Å². The number of ketones is 2. The predicted molar refractivity (Wildman–Crippen MR) is 175 cm³/mol. The van der Waals surface area contributed by atoms with E-state index in [-0.39, 0.29) is 71.2 Å². The number of carbonyl (C=O) groups is 2. The number of aromatic hydroxyl groups is 1. The number of allylic oxidation sites excluding steroid dienone is 6. The lowest BCUT2D eigenvalue weighted by Crippen LogP contribution is -2.40. The molecule has 2 atom stereocenters. The van der Waals surface area contributed by atoms with Crippen LogP contribution >= 0.6 is 0 Å². The van der Waals surface area contributed by atoms with Gasteiger partial charge in [0.2, 0.25) is 0 Å². The highest BCUT2D eigenvalue weighted by molar-refractivity contribution is 6.23. The molecule has 4 aromatic rings. The van der Waals surface area contributed by atoms with E-state index < -0.39 is 23.3 Å². The van der Waals surface area contributed by atoms with E-state index in [1.54, 1.807) is 57.3 Å². The number of fused-ring (bicyclic) bond motifs is 4. The lowest BCUT2D eigenvalue weighted by atomic mass is 9.67. The number of nitrogens with zero attached hydrogens (tertiary/aromatic N) is 5. The highest BCUT2D eigenvalue weighted by Gasteiger charge is 2.45. The number of Topliss-reactive ketones (excluding diaryl/α,β-unsaturated/α-hetero) is 1. The maximum Gasteiger partial charge on any atom is 0.347 e. The Kier molecular flexibility index (Phi) is 7.22. The minimum Gasteiger partial charge on any atom is -0.507 e. The van der Waals surface area contributed by atoms with Gasteiger partial charge in [-0.1, -0.05) is 24.3 Å². The topological polar surface area (TPSA) is 157 Å². The quantitative estimate of drug-likeness (QED) is 0.244. The molecule has 246 valence electrons. The zero-order valence-corrected chi connectivity index (χ0v) is 27.1. The number of rotatable bonds is 6. The molecule has 0 spiro atoms. The second-order valence-electron chi connectivity index (χ2n) is 12.3. The van der Waals surface area contributed by atoms with Crippen molar-refractivity contribution >= 4 is 22.6 Å². The number of hydrogen-bond donors (Lipinski definition) is 1. The molecule has 1 N–H and O–H groups in total. The van der Waals surface area contributed by atoms with Crippen LogP contribution in [-0.4, -0.2) is 54.4 Å². The monoisotopic (exact) mass is 651 g/mol. The zero-order chi connectivity index (χ0) is 34.2. The molecule has 7 rings (SSSR count). The Labute approximate surface area is 273 Å². The first-order valence-corrected chi connectivity index (χ1v) is 15.5. The molecular formula is C35H33N5O8. The Morgan fingerprint density at radius 3 is 2.46 bits per heavy atom. The summed E-state index contributed by atoms with van der Waals surface area (Å²) in [6, 6.07) is 7.78. The normalized spacial score (nSPS) is 18.7. The van der Waals surface area contributed by atoms with Crippen molar-refractivity contribution in [1.29, 1.82) is 0 Å². The van der Waals surface area contributed by atoms with E-state index in [4.69, 9.17) is 9.47 Å². The molecule has 0 radical (unpaired) electrons. The fraction of sp³-hybridized carbons (Fsp3) is 0.314. The average Bonchev–Trinajstić information content (AvgIpc) is 3.32. The first kappa shape index (κ1) is 30.9. The standard InChI is InChI=1S/C35H33N5O8/c1-17-7-6-8-20(31(17)42)29-19-9-12-39-34(45)38(35(46)40(39)24(19)14-21-30(29)26(41)13-18(2)32(21)43)11-10-22-33(44)37(3)25-16-28(48-5)27(47-4)15-23(25)36-22/h6-9,13,15-16,24,29,42H,10-12,14H2,1-5H3/t24-,29-/m1/s1. The summed E-state index contributed by atoms with van der Waals surface area (Å²) in [5.41, 5.74) is 2.13. The summed E-state index contributed by atoms with van der Waals surface area (Å²) in [5, 5.41) is 11.1. The summed E-state index contributed by atoms with van der Waals surface area (Å²) in [4.78, 5) is 72.6. The number of aromatic nitrogens is 5. The second kappa shape index (κ2) is 11.2. The third kappa shape index (κ3) is 4.44. The molecular weight excluding hydrogens is 618 g/mol. The third-order valence-corrected chi connectivity index (χ3v) is 9.71. The fourth-order valence-electron chi connectivity index (χ4n) is 7.25. The predicted octanol–water partition coefficient (Wildman–Crippen LogP) is 2.40. The first-order chi connectivity index (χ1) is 23.0. The molecule has 0 amide bonds. The Morgan fingerprint density at radius 2 is 1.73 bits per heavy atom. The lowest BCUT2D eigenvalue weighted by Gasteiger charge is -2.39. The van der Waals surface area contributed by atoms with E-state index in [1.165, 1.54) is 34.2 Å². The van der Waals surface area contributed by atoms with E-state index in [1.807, 2.05) is 0 Å². The van der Waals surface area contributed by atoms with Crippen molar-refractivity contribution in [3.8, 4) is 17.2 Å². The molecule has 13 nitrogen and oxygen atoms in total. The minimum atomic E-state index is -0.793. The van der Waals surface area contributed by atoms with Gasteiger partial charge >= 0.3 is 11.4 Å². The van der Waals surface area contributed by atoms with Crippen LogP contribution < -0.4 is 26.4 Å². The van der Waals surface area contributed by atoms with Crippen LogP contribution in [0.15, 0.2) is 79.2 Å². The number of hydrogen-bond acceptors (Lipinski definition) is 9. The number of phenolic OH excluding ortho intramolecular Hbond substituents is 1. The molecule has 2 aliphatic carbocycles. The number of phenols is 1. The molecule has 13 heteroatoms. The van der Waals surface area contributed by atoms with E-state index >= 15 is 0 Å². The average molecular weight is 652 g/mol. The third-order valence-electron chi connectivity index (χ3n) is 9.71. The van der Waals surface area contributed by atoms with Crippen molar-refractivity contribution in [3.05, 3.63) is 113 Å². The van der Waals surface area contributed by atoms with Crippen LogP contribution in [0.25, 0.3) is 11.0 Å². The van der Waals surface area contributed by atoms with Crippen LogP contribution in [0, 0.1) is 6.92 Å². The van der Waals surface area contributed by atoms with E-state index in [0.717, 1.165) is 4.57 Å². The van der Waals surface area contributed by atoms with Gasteiger partial charge < -0.3 is 19.1 Å². The number of aryl methyl sites for hydroxylation is 3. The van der Waals surface area contributed by atoms with Crippen molar-refractivity contribution in [2.24, 2.45) is 7.05 Å². The summed E-state index contributed by atoms with van der Waals surface area (Å²) in [6.45, 7) is 3.23. The van der Waals surface area contributed by atoms with Gasteiger partial charge in [0.15, 0.2) is 23.1 Å². The summed E-state index contributed by atoms with van der Waals surface area (Å²) >= 11 is 0. The van der Waals surface area contributed by atoms with E-state index in [2.05, 4.69) is 4.98 Å². The molecule has 1 aliphatic heterocycles. The van der Waals surface area contributed by atoms with Crippen molar-refractivity contribution < 1.29 is 24.2 Å². The Hall–Kier alpha value is -5.72. The van der Waals surface area contributed by atoms with Crippen LogP contribution in [0.2, 0.25) is 0 Å². The largest absolute Gasteiger partial charge is 0.507 e. The van der Waals surface area contributed by atoms with Gasteiger partial charge in [0, 0.05) is 66.8 Å². The number of carbonyl (C=O) groups excluding carboxylic acids is 2. The summed E-state index contributed by atoms with van der Waals surface area (Å²) in [7, 11) is 4.60. The number of benzene rings is 2. The van der Waals surface area contributed by atoms with Crippen molar-refractivity contribution in [2.45, 2.75) is 51.7 Å². The molecule has 0 bridgehead atoms. The first-order valence-electron chi connectivity index (χ1n) is 15.5. The Balaban J connectivity index is 1.30. The number of para-hydroxylation sites is 1. The molecule has 3 heterocycles. The van der Waals surface area contributed by atoms with Gasteiger partial charge in [-0.25, -0.2) is 28.5 Å². The van der Waals surface area contributed by atoms with Gasteiger partial charge in [0.25, 0.3) is 5.56 Å². The van der Waals surface area contributed by atoms with Gasteiger partial charge in [-0.2, -0.15) is 0 Å². The smallest absolute Gasteiger partial charge is 0.347 e. The van der Waals surface area contributed by atoms with Crippen molar-refractivity contribution in [2.75, 3.05) is 14.2 Å². The van der Waals surface area contributed by atoms with Crippen LogP contribution in [0.3, 0.4) is 0 Å². The lowest BCUT2D eigenvalue weighted by molar-refractivity contribution is -0.116. The second-order valence-corrected chi connectivity index (χ2v) is 12.3. The molecule has 0 fully saturated rings. The van der Waals surface area contributed by atoms with E-state index in [9.17, 15) is 29.1 Å². The van der Waals surface area contributed by atoms with Crippen LogP contribution in [0.1, 0.15) is 42.1 Å². The van der Waals surface area contributed by atoms with Crippen LogP contribution in [0.4, 0.5) is 0 Å². The van der Waals surface area contributed by atoms with Gasteiger partial charge in [0.1, 0.15) is 11.4 Å². The maximum absolute atomic E-state index is 14.1. The number of methoxy groups -OCH3 is 2. The van der Waals surface area contributed by atoms with Crippen LogP contribution in [0.5, 0.6) is 17.2 Å². The Morgan fingerprint density at radius 1 is 1.00 bits per heavy atom. The molecule has 3 aliphatic rings. The van der Waals surface area contributed by atoms with E-state index in [0.29, 0.717) is 39.2 Å². The Bertz CT molecular complexity index is 2380. The van der Waals surface area contributed by atoms with Gasteiger partial charge in [0.05, 0.1) is 37.8 Å². The molecule has 0 saturated heterocycles. The molecule has 2 aromatic heterocycles.